The highest BCUT2D eigenvalue weighted by molar-refractivity contribution is 7.86. The molecular formula is C14H25N4O7S+. The summed E-state index contributed by atoms with van der Waals surface area (Å²) in [7, 11) is -3.88. The van der Waals surface area contributed by atoms with Crippen molar-refractivity contribution in [2.75, 3.05) is 19.3 Å². The fourth-order valence-electron chi connectivity index (χ4n) is 3.11. The van der Waals surface area contributed by atoms with Gasteiger partial charge in [0.2, 0.25) is 11.0 Å². The van der Waals surface area contributed by atoms with Crippen LogP contribution in [0.4, 0.5) is 0 Å². The Morgan fingerprint density at radius 2 is 1.96 bits per heavy atom. The molecule has 1 amide bonds. The van der Waals surface area contributed by atoms with Crippen molar-refractivity contribution in [3.63, 3.8) is 0 Å². The Bertz CT molecular complexity index is 687. The molecule has 2 aliphatic heterocycles. The lowest BCUT2D eigenvalue weighted by molar-refractivity contribution is -0.215. The summed E-state index contributed by atoms with van der Waals surface area (Å²) in [6.07, 6.45) is -3.18. The minimum atomic E-state index is -3.88. The molecule has 0 bridgehead atoms. The SMILES string of the molecule is CCN(CC)C(=O)C(N=[N+]=N)C1OC2OC(C)(C)OC2C1OS(C)(=O)=O. The van der Waals surface area contributed by atoms with Gasteiger partial charge < -0.3 is 19.1 Å². The molecule has 2 saturated heterocycles. The number of rotatable bonds is 7. The molecule has 2 heterocycles. The van der Waals surface area contributed by atoms with Crippen molar-refractivity contribution in [2.24, 2.45) is 5.11 Å². The zero-order valence-corrected chi connectivity index (χ0v) is 16.2. The molecular weight excluding hydrogens is 368 g/mol. The van der Waals surface area contributed by atoms with Gasteiger partial charge >= 0.3 is 0 Å². The maximum Gasteiger partial charge on any atom is 0.264 e. The van der Waals surface area contributed by atoms with Gasteiger partial charge in [-0.25, -0.2) is 0 Å². The van der Waals surface area contributed by atoms with Crippen LogP contribution in [-0.2, 0) is 33.3 Å². The van der Waals surface area contributed by atoms with Crippen LogP contribution < -0.4 is 4.91 Å². The summed E-state index contributed by atoms with van der Waals surface area (Å²) in [5, 5.41) is 3.66. The fraction of sp³-hybridized carbons (Fsp3) is 0.929. The van der Waals surface area contributed by atoms with Gasteiger partial charge in [-0.15, -0.1) is 0 Å². The zero-order chi connectivity index (χ0) is 19.7. The molecule has 2 aliphatic rings. The lowest BCUT2D eigenvalue weighted by Crippen LogP contribution is -2.50. The molecule has 26 heavy (non-hydrogen) atoms. The standard InChI is InChI=1S/C14H25N4O7S/c1-6-18(7-2)12(19)8(16-17-15)9-10(25-26(5,20)21)11-13(22-9)24-14(3,4)23-11/h8-11,13,15H,6-7H2,1-5H3/q+1. The first-order valence-corrected chi connectivity index (χ1v) is 10.1. The minimum absolute atomic E-state index is 0.413. The molecule has 0 radical (unpaired) electrons. The first kappa shape index (κ1) is 20.9. The van der Waals surface area contributed by atoms with E-state index >= 15 is 0 Å². The van der Waals surface area contributed by atoms with Crippen LogP contribution in [-0.4, -0.2) is 75.0 Å². The van der Waals surface area contributed by atoms with Gasteiger partial charge in [-0.1, -0.05) is 0 Å². The normalized spacial score (nSPS) is 31.1. The third-order valence-electron chi connectivity index (χ3n) is 4.13. The van der Waals surface area contributed by atoms with Gasteiger partial charge in [0.05, 0.1) is 6.26 Å². The van der Waals surface area contributed by atoms with Gasteiger partial charge in [-0.3, -0.25) is 8.98 Å². The number of amides is 1. The number of nitrogens with zero attached hydrogens (tertiary/aromatic N) is 3. The Hall–Kier alpha value is -1.43. The molecule has 0 aromatic rings. The van der Waals surface area contributed by atoms with E-state index in [1.807, 2.05) is 0 Å². The lowest BCUT2D eigenvalue weighted by Gasteiger charge is -2.28. The highest BCUT2D eigenvalue weighted by Gasteiger charge is 2.60. The van der Waals surface area contributed by atoms with E-state index in [1.165, 1.54) is 4.90 Å². The van der Waals surface area contributed by atoms with E-state index in [2.05, 4.69) is 10.0 Å². The second-order valence-electron chi connectivity index (χ2n) is 6.51. The van der Waals surface area contributed by atoms with Crippen LogP contribution in [0.5, 0.6) is 0 Å². The summed E-state index contributed by atoms with van der Waals surface area (Å²) < 4.78 is 45.6. The third kappa shape index (κ3) is 4.45. The predicted octanol–water partition coefficient (Wildman–Crippen LogP) is -0.00503. The second-order valence-corrected chi connectivity index (χ2v) is 8.11. The van der Waals surface area contributed by atoms with Crippen LogP contribution in [0.25, 0.3) is 0 Å². The van der Waals surface area contributed by atoms with Crippen molar-refractivity contribution in [1.82, 2.24) is 9.81 Å². The number of likely N-dealkylation sites (N-methyl/N-ethyl adjacent to an activating group) is 1. The highest BCUT2D eigenvalue weighted by Crippen LogP contribution is 2.40. The van der Waals surface area contributed by atoms with E-state index in [0.29, 0.717) is 13.1 Å². The second kappa shape index (κ2) is 7.67. The van der Waals surface area contributed by atoms with Crippen LogP contribution in [0, 0.1) is 5.53 Å². The molecule has 11 nitrogen and oxygen atoms in total. The Morgan fingerprint density at radius 3 is 2.46 bits per heavy atom. The first-order valence-electron chi connectivity index (χ1n) is 8.27. The molecule has 0 aromatic heterocycles. The van der Waals surface area contributed by atoms with E-state index in [-0.39, 0.29) is 0 Å². The van der Waals surface area contributed by atoms with E-state index in [4.69, 9.17) is 23.9 Å². The molecule has 2 fully saturated rings. The smallest absolute Gasteiger partial charge is 0.264 e. The number of hydrogen-bond acceptors (Lipinski definition) is 9. The predicted molar refractivity (Wildman–Crippen MR) is 87.4 cm³/mol. The summed E-state index contributed by atoms with van der Waals surface area (Å²) in [6.45, 7) is 7.72. The highest BCUT2D eigenvalue weighted by atomic mass is 32.2. The fourth-order valence-corrected chi connectivity index (χ4v) is 3.73. The third-order valence-corrected chi connectivity index (χ3v) is 4.71. The maximum absolute atomic E-state index is 12.8. The number of hydrogen-bond donors (Lipinski definition) is 1. The molecule has 1 N–H and O–H groups in total. The van der Waals surface area contributed by atoms with Crippen LogP contribution in [0.2, 0.25) is 0 Å². The molecule has 0 aromatic carbocycles. The summed E-state index contributed by atoms with van der Waals surface area (Å²) in [6, 6.07) is -1.25. The molecule has 148 valence electrons. The molecule has 5 unspecified atom stereocenters. The van der Waals surface area contributed by atoms with Gasteiger partial charge in [0.25, 0.3) is 16.0 Å². The summed E-state index contributed by atoms with van der Waals surface area (Å²) in [4.78, 5) is 17.2. The van der Waals surface area contributed by atoms with E-state index in [0.717, 1.165) is 6.26 Å². The largest absolute Gasteiger partial charge is 0.341 e. The van der Waals surface area contributed by atoms with Crippen molar-refractivity contribution in [3.8, 4) is 0 Å². The average Bonchev–Trinajstić information content (AvgIpc) is 2.97. The Morgan fingerprint density at radius 1 is 1.35 bits per heavy atom. The van der Waals surface area contributed by atoms with E-state index in [9.17, 15) is 13.2 Å². The van der Waals surface area contributed by atoms with Crippen LogP contribution in [0.1, 0.15) is 27.7 Å². The number of ether oxygens (including phenoxy) is 3. The van der Waals surface area contributed by atoms with E-state index < -0.39 is 52.5 Å². The lowest BCUT2D eigenvalue weighted by atomic mass is 10.0. The van der Waals surface area contributed by atoms with Crippen LogP contribution in [0.3, 0.4) is 0 Å². The van der Waals surface area contributed by atoms with Crippen LogP contribution in [0.15, 0.2) is 5.11 Å². The van der Waals surface area contributed by atoms with Gasteiger partial charge in [-0.05, 0) is 27.7 Å². The first-order chi connectivity index (χ1) is 12.0. The number of nitrogens with one attached hydrogen (secondary N) is 1. The summed E-state index contributed by atoms with van der Waals surface area (Å²) in [5.41, 5.74) is 7.02. The quantitative estimate of drug-likeness (QED) is 0.364. The molecule has 12 heteroatoms. The molecule has 5 atom stereocenters. The van der Waals surface area contributed by atoms with Gasteiger partial charge in [0, 0.05) is 13.1 Å². The summed E-state index contributed by atoms with van der Waals surface area (Å²) in [5.74, 6) is -1.44. The van der Waals surface area contributed by atoms with Gasteiger partial charge in [0.15, 0.2) is 12.1 Å². The van der Waals surface area contributed by atoms with Crippen molar-refractivity contribution >= 4 is 16.0 Å². The Kier molecular flexibility index (Phi) is 6.16. The van der Waals surface area contributed by atoms with Gasteiger partial charge in [-0.2, -0.15) is 8.42 Å². The monoisotopic (exact) mass is 393 g/mol. The number of fused-ring (bicyclic) bond motifs is 1. The van der Waals surface area contributed by atoms with Gasteiger partial charge in [0.1, 0.15) is 29.0 Å². The molecule has 0 saturated carbocycles. The summed E-state index contributed by atoms with van der Waals surface area (Å²) >= 11 is 0. The molecule has 2 rings (SSSR count). The number of carbonyl (C=O) groups is 1. The van der Waals surface area contributed by atoms with Crippen molar-refractivity contribution in [1.29, 1.82) is 5.53 Å². The van der Waals surface area contributed by atoms with E-state index in [1.54, 1.807) is 27.7 Å². The Balaban J connectivity index is 2.37. The number of carbonyl (C=O) groups excluding carboxylic acids is 1. The Labute approximate surface area is 152 Å². The van der Waals surface area contributed by atoms with Crippen molar-refractivity contribution in [2.45, 2.75) is 64.1 Å². The van der Waals surface area contributed by atoms with Crippen molar-refractivity contribution < 1.29 is 31.6 Å². The topological polar surface area (TPSA) is 142 Å². The minimum Gasteiger partial charge on any atom is -0.341 e. The molecule has 0 aliphatic carbocycles. The maximum atomic E-state index is 12.8. The van der Waals surface area contributed by atoms with Crippen molar-refractivity contribution in [3.05, 3.63) is 0 Å². The zero-order valence-electron chi connectivity index (χ0n) is 15.4. The van der Waals surface area contributed by atoms with Crippen LogP contribution >= 0.6 is 0 Å². The average molecular weight is 393 g/mol. The molecule has 0 spiro atoms.